The van der Waals surface area contributed by atoms with Gasteiger partial charge in [-0.15, -0.1) is 0 Å². The summed E-state index contributed by atoms with van der Waals surface area (Å²) in [5, 5.41) is 33.6. The molecule has 0 heterocycles. The van der Waals surface area contributed by atoms with Gasteiger partial charge in [0.1, 0.15) is 31.3 Å². The van der Waals surface area contributed by atoms with E-state index in [1.54, 1.807) is 31.2 Å². The molecule has 37 heavy (non-hydrogen) atoms. The number of ether oxygens (including phenoxy) is 3. The van der Waals surface area contributed by atoms with E-state index in [9.17, 15) is 19.2 Å². The zero-order chi connectivity index (χ0) is 28.4. The average Bonchev–Trinajstić information content (AvgIpc) is 2.86. The van der Waals surface area contributed by atoms with E-state index < -0.39 is 23.9 Å². The van der Waals surface area contributed by atoms with Crippen molar-refractivity contribution in [3.05, 3.63) is 84.0 Å². The Bertz CT molecular complexity index is 1040. The Morgan fingerprint density at radius 2 is 1.05 bits per heavy atom. The Balaban J connectivity index is 0.000000594. The summed E-state index contributed by atoms with van der Waals surface area (Å²) in [6.45, 7) is 10.1. The molecular formula is C26H30O11. The third-order valence-corrected chi connectivity index (χ3v) is 3.86. The molecule has 11 heteroatoms. The Labute approximate surface area is 213 Å². The molecule has 0 fully saturated rings. The van der Waals surface area contributed by atoms with Gasteiger partial charge in [-0.05, 0) is 62.4 Å². The quantitative estimate of drug-likeness (QED) is 0.195. The molecule has 0 amide bonds. The topological polar surface area (TPSA) is 177 Å². The predicted octanol–water partition coefficient (Wildman–Crippen LogP) is 3.29. The van der Waals surface area contributed by atoms with Crippen LogP contribution in [0.3, 0.4) is 0 Å². The smallest absolute Gasteiger partial charge is 0.335 e. The van der Waals surface area contributed by atoms with Gasteiger partial charge in [0.25, 0.3) is 0 Å². The average molecular weight is 519 g/mol. The van der Waals surface area contributed by atoms with E-state index in [4.69, 9.17) is 34.6 Å². The number of carbonyl (C=O) groups excluding carboxylic acids is 1. The fourth-order valence-corrected chi connectivity index (χ4v) is 1.97. The number of hydrogen-bond donors (Lipinski definition) is 4. The van der Waals surface area contributed by atoms with Crippen LogP contribution in [0.25, 0.3) is 0 Å². The SMILES string of the molecule is C=C(C)C(=O)O.C=C(C)C(=O)OCCOc1ccc(C(=O)O)cc1.O=C(O)c1ccc(OCCO)cc1. The Morgan fingerprint density at radius 1 is 0.676 bits per heavy atom. The number of aliphatic hydroxyl groups is 1. The first-order valence-electron chi connectivity index (χ1n) is 10.6. The predicted molar refractivity (Wildman–Crippen MR) is 133 cm³/mol. The second-order valence-electron chi connectivity index (χ2n) is 7.08. The number of benzene rings is 2. The van der Waals surface area contributed by atoms with Crippen LogP contribution in [0.15, 0.2) is 72.8 Å². The van der Waals surface area contributed by atoms with Crippen LogP contribution in [0.5, 0.6) is 11.5 Å². The molecule has 0 saturated carbocycles. The van der Waals surface area contributed by atoms with Crippen molar-refractivity contribution in [3.8, 4) is 11.5 Å². The van der Waals surface area contributed by atoms with Crippen LogP contribution in [0, 0.1) is 0 Å². The molecule has 0 saturated heterocycles. The third kappa shape index (κ3) is 15.1. The highest BCUT2D eigenvalue weighted by Crippen LogP contribution is 2.12. The first-order valence-corrected chi connectivity index (χ1v) is 10.6. The fraction of sp³-hybridized carbons (Fsp3) is 0.231. The van der Waals surface area contributed by atoms with Crippen LogP contribution in [-0.4, -0.2) is 70.7 Å². The van der Waals surface area contributed by atoms with E-state index in [0.29, 0.717) is 17.1 Å². The van der Waals surface area contributed by atoms with Gasteiger partial charge in [0, 0.05) is 11.1 Å². The van der Waals surface area contributed by atoms with E-state index in [2.05, 4.69) is 13.2 Å². The molecule has 2 rings (SSSR count). The number of aliphatic carboxylic acids is 1. The molecule has 0 bridgehead atoms. The van der Waals surface area contributed by atoms with Crippen LogP contribution in [0.1, 0.15) is 34.6 Å². The van der Waals surface area contributed by atoms with E-state index in [1.807, 2.05) is 0 Å². The van der Waals surface area contributed by atoms with Gasteiger partial charge in [-0.3, -0.25) is 0 Å². The minimum Gasteiger partial charge on any atom is -0.491 e. The Kier molecular flexibility index (Phi) is 15.5. The van der Waals surface area contributed by atoms with Crippen molar-refractivity contribution in [3.63, 3.8) is 0 Å². The lowest BCUT2D eigenvalue weighted by molar-refractivity contribution is -0.139. The van der Waals surface area contributed by atoms with Gasteiger partial charge in [-0.1, -0.05) is 13.2 Å². The number of carboxylic acid groups (broad SMARTS) is 3. The van der Waals surface area contributed by atoms with E-state index >= 15 is 0 Å². The molecule has 11 nitrogen and oxygen atoms in total. The van der Waals surface area contributed by atoms with E-state index in [0.717, 1.165) is 0 Å². The lowest BCUT2D eigenvalue weighted by atomic mass is 10.2. The summed E-state index contributed by atoms with van der Waals surface area (Å²) in [6.07, 6.45) is 0. The van der Waals surface area contributed by atoms with Gasteiger partial charge in [0.05, 0.1) is 17.7 Å². The number of rotatable bonds is 11. The second kappa shape index (κ2) is 17.7. The molecule has 2 aromatic rings. The number of aromatic carboxylic acids is 2. The number of carbonyl (C=O) groups is 4. The van der Waals surface area contributed by atoms with Crippen molar-refractivity contribution in [2.45, 2.75) is 13.8 Å². The summed E-state index contributed by atoms with van der Waals surface area (Å²) in [7, 11) is 0. The molecule has 0 spiro atoms. The molecule has 0 unspecified atom stereocenters. The molecule has 0 aromatic heterocycles. The molecule has 200 valence electrons. The van der Waals surface area contributed by atoms with Crippen LogP contribution >= 0.6 is 0 Å². The molecule has 0 aliphatic rings. The van der Waals surface area contributed by atoms with Gasteiger partial charge < -0.3 is 34.6 Å². The Morgan fingerprint density at radius 3 is 1.35 bits per heavy atom. The zero-order valence-electron chi connectivity index (χ0n) is 20.5. The summed E-state index contributed by atoms with van der Waals surface area (Å²) < 4.78 is 15.1. The molecule has 2 aromatic carbocycles. The standard InChI is InChI=1S/C13H14O5.C9H10O4.C4H6O2/c1-9(2)13(16)18-8-7-17-11-5-3-10(4-6-11)12(14)15;10-5-6-13-8-3-1-7(2-4-8)9(11)12;1-3(2)4(5)6/h3-6H,1,7-8H2,2H3,(H,14,15);1-4,10H,5-6H2,(H,11,12);1H2,2H3,(H,5,6). The second-order valence-corrected chi connectivity index (χ2v) is 7.08. The first-order chi connectivity index (χ1) is 17.4. The molecular weight excluding hydrogens is 488 g/mol. The summed E-state index contributed by atoms with van der Waals surface area (Å²) >= 11 is 0. The van der Waals surface area contributed by atoms with Crippen LogP contribution in [0.4, 0.5) is 0 Å². The number of esters is 1. The maximum Gasteiger partial charge on any atom is 0.335 e. The van der Waals surface area contributed by atoms with E-state index in [-0.39, 0.29) is 43.1 Å². The van der Waals surface area contributed by atoms with Gasteiger partial charge in [0.2, 0.25) is 0 Å². The van der Waals surface area contributed by atoms with Crippen molar-refractivity contribution in [1.29, 1.82) is 0 Å². The maximum atomic E-state index is 11.0. The van der Waals surface area contributed by atoms with Crippen molar-refractivity contribution in [1.82, 2.24) is 0 Å². The van der Waals surface area contributed by atoms with Crippen molar-refractivity contribution < 1.29 is 53.8 Å². The monoisotopic (exact) mass is 518 g/mol. The summed E-state index contributed by atoms with van der Waals surface area (Å²) in [5.74, 6) is -2.27. The highest BCUT2D eigenvalue weighted by Gasteiger charge is 2.04. The third-order valence-electron chi connectivity index (χ3n) is 3.86. The number of hydrogen-bond acceptors (Lipinski definition) is 8. The summed E-state index contributed by atoms with van der Waals surface area (Å²) in [4.78, 5) is 41.7. The number of aliphatic hydroxyl groups excluding tert-OH is 1. The van der Waals surface area contributed by atoms with Gasteiger partial charge in [-0.25, -0.2) is 19.2 Å². The van der Waals surface area contributed by atoms with Gasteiger partial charge in [0.15, 0.2) is 0 Å². The maximum absolute atomic E-state index is 11.0. The normalized spacial score (nSPS) is 9.27. The summed E-state index contributed by atoms with van der Waals surface area (Å²) in [6, 6.07) is 12.0. The molecule has 0 aliphatic carbocycles. The van der Waals surface area contributed by atoms with Crippen molar-refractivity contribution in [2.75, 3.05) is 26.4 Å². The lowest BCUT2D eigenvalue weighted by Crippen LogP contribution is -2.12. The minimum absolute atomic E-state index is 0.0549. The highest BCUT2D eigenvalue weighted by atomic mass is 16.6. The number of carboxylic acids is 3. The highest BCUT2D eigenvalue weighted by molar-refractivity contribution is 5.88. The van der Waals surface area contributed by atoms with Crippen molar-refractivity contribution >= 4 is 23.9 Å². The molecule has 0 radical (unpaired) electrons. The minimum atomic E-state index is -0.989. The van der Waals surface area contributed by atoms with E-state index in [1.165, 1.54) is 31.2 Å². The largest absolute Gasteiger partial charge is 0.491 e. The Hall–Kier alpha value is -4.64. The van der Waals surface area contributed by atoms with Crippen LogP contribution < -0.4 is 9.47 Å². The molecule has 4 N–H and O–H groups in total. The van der Waals surface area contributed by atoms with Gasteiger partial charge >= 0.3 is 23.9 Å². The van der Waals surface area contributed by atoms with Gasteiger partial charge in [-0.2, -0.15) is 0 Å². The zero-order valence-corrected chi connectivity index (χ0v) is 20.5. The van der Waals surface area contributed by atoms with Crippen molar-refractivity contribution in [2.24, 2.45) is 0 Å². The molecule has 0 atom stereocenters. The lowest BCUT2D eigenvalue weighted by Gasteiger charge is -2.07. The first kappa shape index (κ1) is 32.4. The fourth-order valence-electron chi connectivity index (χ4n) is 1.97. The van der Waals surface area contributed by atoms with Crippen LogP contribution in [0.2, 0.25) is 0 Å². The summed E-state index contributed by atoms with van der Waals surface area (Å²) in [5.41, 5.74) is 0.920. The van der Waals surface area contributed by atoms with Crippen LogP contribution in [-0.2, 0) is 14.3 Å². The molecule has 0 aliphatic heterocycles.